The first kappa shape index (κ1) is 17.8. The molecule has 0 aliphatic carbocycles. The van der Waals surface area contributed by atoms with E-state index in [0.29, 0.717) is 26.4 Å². The summed E-state index contributed by atoms with van der Waals surface area (Å²) in [5.74, 6) is 0. The summed E-state index contributed by atoms with van der Waals surface area (Å²) in [4.78, 5) is 0. The minimum absolute atomic E-state index is 0.266. The maximum Gasteiger partial charge on any atom is 0.0897 e. The van der Waals surface area contributed by atoms with Crippen molar-refractivity contribution >= 4 is 0 Å². The Hall–Kier alpha value is -0.200. The zero-order valence-electron chi connectivity index (χ0n) is 12.3. The number of hydrogen-bond acceptors (Lipinski definition) is 5. The third-order valence-corrected chi connectivity index (χ3v) is 3.20. The van der Waals surface area contributed by atoms with Gasteiger partial charge in [-0.25, -0.2) is 0 Å². The number of hydrogen-bond donors (Lipinski definition) is 3. The fourth-order valence-corrected chi connectivity index (χ4v) is 1.13. The standard InChI is InChI=1S/C13H29NO4/c1-6-17-7-8-18-10-11(15)9-14-12(2,3)13(4,5)16/h11,14-16H,6-10H2,1-5H3. The van der Waals surface area contributed by atoms with Gasteiger partial charge in [-0.3, -0.25) is 0 Å². The Labute approximate surface area is 110 Å². The van der Waals surface area contributed by atoms with Gasteiger partial charge >= 0.3 is 0 Å². The predicted octanol–water partition coefficient (Wildman–Crippen LogP) is 0.540. The van der Waals surface area contributed by atoms with Crippen LogP contribution in [-0.2, 0) is 9.47 Å². The van der Waals surface area contributed by atoms with Crippen LogP contribution in [0.2, 0.25) is 0 Å². The second-order valence-corrected chi connectivity index (χ2v) is 5.49. The highest BCUT2D eigenvalue weighted by Crippen LogP contribution is 2.20. The van der Waals surface area contributed by atoms with Gasteiger partial charge in [0.15, 0.2) is 0 Å². The van der Waals surface area contributed by atoms with Crippen LogP contribution in [0.25, 0.3) is 0 Å². The van der Waals surface area contributed by atoms with Crippen molar-refractivity contribution in [2.45, 2.75) is 51.9 Å². The highest BCUT2D eigenvalue weighted by Gasteiger charge is 2.34. The molecule has 0 aliphatic heterocycles. The highest BCUT2D eigenvalue weighted by molar-refractivity contribution is 4.93. The molecular formula is C13H29NO4. The lowest BCUT2D eigenvalue weighted by Gasteiger charge is -2.38. The summed E-state index contributed by atoms with van der Waals surface area (Å²) in [5.41, 5.74) is -1.33. The molecule has 0 aromatic heterocycles. The summed E-state index contributed by atoms with van der Waals surface area (Å²) in [5, 5.41) is 22.8. The zero-order valence-corrected chi connectivity index (χ0v) is 12.3. The van der Waals surface area contributed by atoms with Gasteiger partial charge in [0.2, 0.25) is 0 Å². The molecule has 1 atom stereocenters. The Morgan fingerprint density at radius 2 is 1.67 bits per heavy atom. The van der Waals surface area contributed by atoms with Crippen LogP contribution in [0.3, 0.4) is 0 Å². The van der Waals surface area contributed by atoms with E-state index in [1.165, 1.54) is 0 Å². The van der Waals surface area contributed by atoms with E-state index in [4.69, 9.17) is 9.47 Å². The van der Waals surface area contributed by atoms with Crippen molar-refractivity contribution in [3.8, 4) is 0 Å². The zero-order chi connectivity index (χ0) is 14.2. The molecule has 1 unspecified atom stereocenters. The SMILES string of the molecule is CCOCCOCC(O)CNC(C)(C)C(C)(C)O. The molecule has 0 aromatic rings. The summed E-state index contributed by atoms with van der Waals surface area (Å²) in [6.45, 7) is 11.6. The van der Waals surface area contributed by atoms with Gasteiger partial charge < -0.3 is 25.0 Å². The fourth-order valence-electron chi connectivity index (χ4n) is 1.13. The maximum atomic E-state index is 9.94. The Morgan fingerprint density at radius 3 is 2.17 bits per heavy atom. The van der Waals surface area contributed by atoms with E-state index in [0.717, 1.165) is 0 Å². The largest absolute Gasteiger partial charge is 0.389 e. The normalized spacial score (nSPS) is 14.8. The van der Waals surface area contributed by atoms with Crippen molar-refractivity contribution in [3.05, 3.63) is 0 Å². The van der Waals surface area contributed by atoms with Crippen LogP contribution in [0.1, 0.15) is 34.6 Å². The molecule has 0 radical (unpaired) electrons. The molecular weight excluding hydrogens is 234 g/mol. The van der Waals surface area contributed by atoms with Gasteiger partial charge in [-0.05, 0) is 34.6 Å². The van der Waals surface area contributed by atoms with Crippen LogP contribution >= 0.6 is 0 Å². The van der Waals surface area contributed by atoms with Crippen molar-refractivity contribution < 1.29 is 19.7 Å². The van der Waals surface area contributed by atoms with E-state index < -0.39 is 17.2 Å². The van der Waals surface area contributed by atoms with Crippen molar-refractivity contribution in [1.82, 2.24) is 5.32 Å². The van der Waals surface area contributed by atoms with Crippen molar-refractivity contribution in [3.63, 3.8) is 0 Å². The molecule has 5 nitrogen and oxygen atoms in total. The van der Waals surface area contributed by atoms with Crippen LogP contribution in [-0.4, -0.2) is 60.4 Å². The van der Waals surface area contributed by atoms with Crippen LogP contribution in [0.5, 0.6) is 0 Å². The summed E-state index contributed by atoms with van der Waals surface area (Å²) in [6, 6.07) is 0. The average molecular weight is 263 g/mol. The summed E-state index contributed by atoms with van der Waals surface area (Å²) < 4.78 is 10.4. The fraction of sp³-hybridized carbons (Fsp3) is 1.00. The number of nitrogens with one attached hydrogen (secondary N) is 1. The van der Waals surface area contributed by atoms with Gasteiger partial charge in [0.1, 0.15) is 0 Å². The Bertz CT molecular complexity index is 214. The lowest BCUT2D eigenvalue weighted by Crippen LogP contribution is -2.57. The second kappa shape index (κ2) is 8.07. The molecule has 110 valence electrons. The third kappa shape index (κ3) is 7.28. The predicted molar refractivity (Wildman–Crippen MR) is 71.7 cm³/mol. The molecule has 0 aliphatic rings. The van der Waals surface area contributed by atoms with E-state index in [1.807, 2.05) is 20.8 Å². The van der Waals surface area contributed by atoms with Crippen LogP contribution in [0.15, 0.2) is 0 Å². The van der Waals surface area contributed by atoms with E-state index in [1.54, 1.807) is 13.8 Å². The Kier molecular flexibility index (Phi) is 7.98. The van der Waals surface area contributed by atoms with Gasteiger partial charge in [0.25, 0.3) is 0 Å². The van der Waals surface area contributed by atoms with Crippen LogP contribution in [0, 0.1) is 0 Å². The van der Waals surface area contributed by atoms with Gasteiger partial charge in [0.05, 0.1) is 31.5 Å². The smallest absolute Gasteiger partial charge is 0.0897 e. The lowest BCUT2D eigenvalue weighted by atomic mass is 9.86. The summed E-state index contributed by atoms with van der Waals surface area (Å²) in [6.07, 6.45) is -0.590. The highest BCUT2D eigenvalue weighted by atomic mass is 16.5. The van der Waals surface area contributed by atoms with Crippen LogP contribution < -0.4 is 5.32 Å². The first-order chi connectivity index (χ1) is 8.20. The number of aliphatic hydroxyl groups is 2. The molecule has 0 rings (SSSR count). The average Bonchev–Trinajstić information content (AvgIpc) is 2.24. The number of β-amino-alcohol motifs (C(OH)–C–C–N with tert-alkyl or cyclic N) is 1. The first-order valence-corrected chi connectivity index (χ1v) is 6.51. The van der Waals surface area contributed by atoms with Crippen molar-refractivity contribution in [2.24, 2.45) is 0 Å². The molecule has 0 spiro atoms. The van der Waals surface area contributed by atoms with Crippen LogP contribution in [0.4, 0.5) is 0 Å². The van der Waals surface area contributed by atoms with Gasteiger partial charge in [-0.1, -0.05) is 0 Å². The molecule has 5 heteroatoms. The summed E-state index contributed by atoms with van der Waals surface area (Å²) >= 11 is 0. The molecule has 18 heavy (non-hydrogen) atoms. The molecule has 0 fully saturated rings. The molecule has 0 aromatic carbocycles. The molecule has 0 saturated carbocycles. The third-order valence-electron chi connectivity index (χ3n) is 3.20. The van der Waals surface area contributed by atoms with E-state index in [9.17, 15) is 10.2 Å². The molecule has 0 bridgehead atoms. The van der Waals surface area contributed by atoms with Gasteiger partial charge in [-0.15, -0.1) is 0 Å². The monoisotopic (exact) mass is 263 g/mol. The second-order valence-electron chi connectivity index (χ2n) is 5.49. The maximum absolute atomic E-state index is 9.94. The molecule has 0 amide bonds. The molecule has 0 heterocycles. The minimum Gasteiger partial charge on any atom is -0.389 e. The Balaban J connectivity index is 3.73. The van der Waals surface area contributed by atoms with E-state index >= 15 is 0 Å². The quantitative estimate of drug-likeness (QED) is 0.502. The molecule has 3 N–H and O–H groups in total. The van der Waals surface area contributed by atoms with Crippen molar-refractivity contribution in [1.29, 1.82) is 0 Å². The number of ether oxygens (including phenoxy) is 2. The topological polar surface area (TPSA) is 71.0 Å². The summed E-state index contributed by atoms with van der Waals surface area (Å²) in [7, 11) is 0. The minimum atomic E-state index is -0.859. The Morgan fingerprint density at radius 1 is 1.11 bits per heavy atom. The first-order valence-electron chi connectivity index (χ1n) is 6.51. The number of rotatable bonds is 10. The van der Waals surface area contributed by atoms with Gasteiger partial charge in [-0.2, -0.15) is 0 Å². The van der Waals surface area contributed by atoms with E-state index in [-0.39, 0.29) is 6.61 Å². The van der Waals surface area contributed by atoms with Crippen molar-refractivity contribution in [2.75, 3.05) is 33.0 Å². The lowest BCUT2D eigenvalue weighted by molar-refractivity contribution is -0.0224. The number of aliphatic hydroxyl groups excluding tert-OH is 1. The molecule has 0 saturated heterocycles. The van der Waals surface area contributed by atoms with E-state index in [2.05, 4.69) is 5.32 Å². The van der Waals surface area contributed by atoms with Gasteiger partial charge in [0, 0.05) is 18.7 Å².